The van der Waals surface area contributed by atoms with Crippen LogP contribution in [-0.2, 0) is 14.4 Å². The number of nitro groups is 1. The molecule has 1 saturated carbocycles. The summed E-state index contributed by atoms with van der Waals surface area (Å²) in [6.07, 6.45) is 4.90. The quantitative estimate of drug-likeness (QED) is 0.0931. The lowest BCUT2D eigenvalue weighted by molar-refractivity contribution is -0.387. The van der Waals surface area contributed by atoms with E-state index in [1.807, 2.05) is 0 Å². The van der Waals surface area contributed by atoms with Crippen molar-refractivity contribution in [2.75, 3.05) is 4.90 Å². The zero-order valence-corrected chi connectivity index (χ0v) is 26.7. The molecular formula is C32H23N5O7S3. The number of aromatic nitrogens is 1. The number of amides is 3. The van der Waals surface area contributed by atoms with E-state index in [1.54, 1.807) is 30.3 Å². The fraction of sp³-hybridized carbons (Fsp3) is 0.188. The van der Waals surface area contributed by atoms with Gasteiger partial charge in [0.2, 0.25) is 11.8 Å². The molecule has 47 heavy (non-hydrogen) atoms. The highest BCUT2D eigenvalue weighted by atomic mass is 32.2. The standard InChI is InChI=1S/C32H23N5O7S3/c38-27-26(45-31(35-27)33-18-8-6-17(7-9-18)30(41)42)14-16-5-12-24(23(13-16)37(43)44)46-32-34-22-11-10-19(15-25(22)47-32)36-28(39)20-3-1-2-4-21(20)29(36)40/h5-15,20-21H,1-4H2,(H,41,42)(H,33,35,38)/b26-14-/t20-,21-/m0/s1. The van der Waals surface area contributed by atoms with Crippen LogP contribution >= 0.6 is 34.9 Å². The number of rotatable bonds is 7. The van der Waals surface area contributed by atoms with Gasteiger partial charge in [0.25, 0.3) is 11.6 Å². The van der Waals surface area contributed by atoms with E-state index in [-0.39, 0.29) is 39.8 Å². The number of nitrogens with one attached hydrogen (secondary N) is 1. The van der Waals surface area contributed by atoms with Gasteiger partial charge < -0.3 is 10.4 Å². The van der Waals surface area contributed by atoms with Crippen LogP contribution in [0.3, 0.4) is 0 Å². The molecule has 0 radical (unpaired) electrons. The molecule has 236 valence electrons. The summed E-state index contributed by atoms with van der Waals surface area (Å²) in [6.45, 7) is 0. The topological polar surface area (TPSA) is 172 Å². The van der Waals surface area contributed by atoms with Gasteiger partial charge in [-0.25, -0.2) is 14.8 Å². The number of carbonyl (C=O) groups excluding carboxylic acids is 3. The van der Waals surface area contributed by atoms with Gasteiger partial charge >= 0.3 is 5.97 Å². The normalized spacial score (nSPS) is 21.1. The third-order valence-electron chi connectivity index (χ3n) is 8.12. The molecule has 3 aliphatic rings. The van der Waals surface area contributed by atoms with Crippen LogP contribution in [0, 0.1) is 22.0 Å². The molecule has 0 unspecified atom stereocenters. The van der Waals surface area contributed by atoms with E-state index in [0.29, 0.717) is 36.9 Å². The summed E-state index contributed by atoms with van der Waals surface area (Å²) in [7, 11) is 0. The van der Waals surface area contributed by atoms with Crippen molar-refractivity contribution >= 4 is 97.1 Å². The second-order valence-corrected chi connectivity index (χ2v) is 14.4. The molecule has 7 rings (SSSR count). The summed E-state index contributed by atoms with van der Waals surface area (Å²) >= 11 is 3.52. The molecule has 1 aliphatic carbocycles. The first-order valence-corrected chi connectivity index (χ1v) is 17.0. The highest BCUT2D eigenvalue weighted by Gasteiger charge is 2.48. The molecule has 4 aromatic rings. The predicted octanol–water partition coefficient (Wildman–Crippen LogP) is 6.63. The van der Waals surface area contributed by atoms with Crippen LogP contribution in [-0.4, -0.2) is 43.9 Å². The number of amidine groups is 1. The second-order valence-electron chi connectivity index (χ2n) is 11.1. The molecule has 3 heterocycles. The SMILES string of the molecule is O=C1NC(=Nc2ccc(C(=O)O)cc2)S/C1=C\c1ccc(Sc2nc3ccc(N4C(=O)[C@H]5CCCC[C@@H]5C4=O)cc3s2)c([N+](=O)[O-])c1. The van der Waals surface area contributed by atoms with Gasteiger partial charge in [-0.15, -0.1) is 11.3 Å². The van der Waals surface area contributed by atoms with Crippen molar-refractivity contribution in [3.63, 3.8) is 0 Å². The number of thiazole rings is 1. The van der Waals surface area contributed by atoms with E-state index in [1.165, 1.54) is 52.6 Å². The first kappa shape index (κ1) is 30.8. The van der Waals surface area contributed by atoms with E-state index in [2.05, 4.69) is 15.3 Å². The Hall–Kier alpha value is -4.86. The average Bonchev–Trinajstić information content (AvgIpc) is 3.70. The van der Waals surface area contributed by atoms with Gasteiger partial charge in [0.05, 0.1) is 53.7 Å². The van der Waals surface area contributed by atoms with E-state index < -0.39 is 16.8 Å². The number of carboxylic acid groups (broad SMARTS) is 1. The minimum Gasteiger partial charge on any atom is -0.478 e. The summed E-state index contributed by atoms with van der Waals surface area (Å²) in [5.41, 5.74) is 2.03. The first-order valence-electron chi connectivity index (χ1n) is 14.5. The zero-order valence-electron chi connectivity index (χ0n) is 24.2. The van der Waals surface area contributed by atoms with Crippen molar-refractivity contribution in [3.8, 4) is 0 Å². The number of aromatic carboxylic acids is 1. The van der Waals surface area contributed by atoms with Gasteiger partial charge in [0.1, 0.15) is 0 Å². The number of fused-ring (bicyclic) bond motifs is 2. The third-order valence-corrected chi connectivity index (χ3v) is 11.2. The molecule has 3 aromatic carbocycles. The Morgan fingerprint density at radius 1 is 1.04 bits per heavy atom. The Morgan fingerprint density at radius 2 is 1.77 bits per heavy atom. The Morgan fingerprint density at radius 3 is 2.45 bits per heavy atom. The monoisotopic (exact) mass is 685 g/mol. The lowest BCUT2D eigenvalue weighted by Gasteiger charge is -2.19. The van der Waals surface area contributed by atoms with Gasteiger partial charge in [-0.2, -0.15) is 0 Å². The maximum atomic E-state index is 13.1. The van der Waals surface area contributed by atoms with Crippen molar-refractivity contribution in [1.29, 1.82) is 0 Å². The maximum absolute atomic E-state index is 13.1. The number of hydrogen-bond acceptors (Lipinski definition) is 11. The van der Waals surface area contributed by atoms with Crippen molar-refractivity contribution in [2.45, 2.75) is 34.9 Å². The fourth-order valence-corrected chi connectivity index (χ4v) is 8.85. The molecule has 0 spiro atoms. The van der Waals surface area contributed by atoms with Gasteiger partial charge in [-0.05, 0) is 84.8 Å². The van der Waals surface area contributed by atoms with Gasteiger partial charge in [-0.1, -0.05) is 30.7 Å². The highest BCUT2D eigenvalue weighted by molar-refractivity contribution is 8.18. The number of benzene rings is 3. The lowest BCUT2D eigenvalue weighted by atomic mass is 9.81. The van der Waals surface area contributed by atoms with E-state index in [9.17, 15) is 29.3 Å². The molecule has 1 aromatic heterocycles. The smallest absolute Gasteiger partial charge is 0.335 e. The number of hydrogen-bond donors (Lipinski definition) is 2. The van der Waals surface area contributed by atoms with Gasteiger partial charge in [0.15, 0.2) is 9.51 Å². The highest BCUT2D eigenvalue weighted by Crippen LogP contribution is 2.43. The molecule has 0 bridgehead atoms. The molecular weight excluding hydrogens is 663 g/mol. The first-order chi connectivity index (χ1) is 22.6. The van der Waals surface area contributed by atoms with E-state index >= 15 is 0 Å². The summed E-state index contributed by atoms with van der Waals surface area (Å²) < 4.78 is 1.31. The van der Waals surface area contributed by atoms with Crippen LogP contribution in [0.5, 0.6) is 0 Å². The van der Waals surface area contributed by atoms with Crippen LogP contribution in [0.1, 0.15) is 41.6 Å². The average molecular weight is 686 g/mol. The molecule has 2 N–H and O–H groups in total. The molecule has 2 aliphatic heterocycles. The number of aliphatic imine (C=N–C) groups is 1. The zero-order chi connectivity index (χ0) is 32.8. The number of imide groups is 1. The largest absolute Gasteiger partial charge is 0.478 e. The number of anilines is 1. The summed E-state index contributed by atoms with van der Waals surface area (Å²) in [5.74, 6) is -2.26. The van der Waals surface area contributed by atoms with Crippen LogP contribution in [0.25, 0.3) is 16.3 Å². The van der Waals surface area contributed by atoms with Crippen molar-refractivity contribution in [2.24, 2.45) is 16.8 Å². The number of thioether (sulfide) groups is 1. The van der Waals surface area contributed by atoms with Crippen LogP contribution in [0.15, 0.2) is 79.8 Å². The second kappa shape index (κ2) is 12.4. The Kier molecular flexibility index (Phi) is 8.11. The Balaban J connectivity index is 1.09. The maximum Gasteiger partial charge on any atom is 0.335 e. The molecule has 3 fully saturated rings. The molecule has 12 nitrogen and oxygen atoms in total. The predicted molar refractivity (Wildman–Crippen MR) is 179 cm³/mol. The molecule has 3 amide bonds. The minimum absolute atomic E-state index is 0.114. The lowest BCUT2D eigenvalue weighted by Crippen LogP contribution is -2.30. The van der Waals surface area contributed by atoms with Crippen molar-refractivity contribution < 1.29 is 29.2 Å². The van der Waals surface area contributed by atoms with E-state index in [4.69, 9.17) is 5.11 Å². The third kappa shape index (κ3) is 6.04. The molecule has 15 heteroatoms. The molecule has 2 atom stereocenters. The van der Waals surface area contributed by atoms with E-state index in [0.717, 1.165) is 53.9 Å². The molecule has 2 saturated heterocycles. The van der Waals surface area contributed by atoms with Gasteiger partial charge in [-0.3, -0.25) is 29.4 Å². The summed E-state index contributed by atoms with van der Waals surface area (Å²) in [4.78, 5) is 72.3. The Labute approximate surface area is 279 Å². The number of carbonyl (C=O) groups is 4. The van der Waals surface area contributed by atoms with Crippen LogP contribution in [0.4, 0.5) is 17.1 Å². The number of carboxylic acids is 1. The summed E-state index contributed by atoms with van der Waals surface area (Å²) in [5, 5.41) is 24.1. The van der Waals surface area contributed by atoms with Crippen molar-refractivity contribution in [3.05, 3.63) is 86.8 Å². The van der Waals surface area contributed by atoms with Gasteiger partial charge in [0, 0.05) is 6.07 Å². The summed E-state index contributed by atoms with van der Waals surface area (Å²) in [6, 6.07) is 15.8. The number of nitrogens with zero attached hydrogens (tertiary/aromatic N) is 4. The minimum atomic E-state index is -1.06. The van der Waals surface area contributed by atoms with Crippen molar-refractivity contribution in [1.82, 2.24) is 10.3 Å². The number of nitro benzene ring substituents is 1. The van der Waals surface area contributed by atoms with Crippen LogP contribution in [0.2, 0.25) is 0 Å². The van der Waals surface area contributed by atoms with Crippen LogP contribution < -0.4 is 10.2 Å². The Bertz CT molecular complexity index is 2050. The fourth-order valence-electron chi connectivity index (χ4n) is 5.87.